The minimum Gasteiger partial charge on any atom is -0.370 e. The van der Waals surface area contributed by atoms with Crippen molar-refractivity contribution >= 4 is 33.3 Å². The Morgan fingerprint density at radius 3 is 2.70 bits per heavy atom. The third-order valence-electron chi connectivity index (χ3n) is 2.70. The molecule has 0 spiro atoms. The van der Waals surface area contributed by atoms with Gasteiger partial charge in [0.05, 0.1) is 11.3 Å². The molecule has 1 aromatic carbocycles. The lowest BCUT2D eigenvalue weighted by Gasteiger charge is -2.08. The minimum atomic E-state index is -0.175. The summed E-state index contributed by atoms with van der Waals surface area (Å²) in [4.78, 5) is 16.3. The molecular formula is C15H16BrN3O. The van der Waals surface area contributed by atoms with Gasteiger partial charge in [0.2, 0.25) is 0 Å². The van der Waals surface area contributed by atoms with E-state index in [1.807, 2.05) is 30.3 Å². The summed E-state index contributed by atoms with van der Waals surface area (Å²) in [7, 11) is 0. The zero-order valence-electron chi connectivity index (χ0n) is 11.2. The zero-order chi connectivity index (χ0) is 14.4. The summed E-state index contributed by atoms with van der Waals surface area (Å²) in [5.74, 6) is 0.607. The maximum atomic E-state index is 12.1. The Kier molecular flexibility index (Phi) is 5.12. The van der Waals surface area contributed by atoms with E-state index in [9.17, 15) is 4.79 Å². The van der Waals surface area contributed by atoms with Gasteiger partial charge in [-0.1, -0.05) is 19.1 Å². The highest BCUT2D eigenvalue weighted by molar-refractivity contribution is 9.10. The van der Waals surface area contributed by atoms with Crippen molar-refractivity contribution in [3.05, 3.63) is 52.6 Å². The van der Waals surface area contributed by atoms with Gasteiger partial charge in [-0.05, 0) is 46.6 Å². The molecule has 0 fully saturated rings. The van der Waals surface area contributed by atoms with Crippen LogP contribution in [-0.2, 0) is 0 Å². The molecule has 20 heavy (non-hydrogen) atoms. The summed E-state index contributed by atoms with van der Waals surface area (Å²) in [5.41, 5.74) is 1.27. The SMILES string of the molecule is CCCNc1ccc(C(=O)Nc2ccccc2Br)cn1. The number of nitrogens with one attached hydrogen (secondary N) is 2. The lowest BCUT2D eigenvalue weighted by molar-refractivity contribution is 0.102. The number of nitrogens with zero attached hydrogens (tertiary/aromatic N) is 1. The molecule has 0 aliphatic heterocycles. The molecule has 0 aliphatic carbocycles. The number of carbonyl (C=O) groups is 1. The quantitative estimate of drug-likeness (QED) is 0.871. The van der Waals surface area contributed by atoms with Gasteiger partial charge in [0.1, 0.15) is 5.82 Å². The second-order valence-corrected chi connectivity index (χ2v) is 5.15. The second-order valence-electron chi connectivity index (χ2n) is 4.29. The van der Waals surface area contributed by atoms with E-state index in [2.05, 4.69) is 38.5 Å². The number of carbonyl (C=O) groups excluding carboxylic acids is 1. The van der Waals surface area contributed by atoms with Crippen LogP contribution in [0.25, 0.3) is 0 Å². The van der Waals surface area contributed by atoms with E-state index >= 15 is 0 Å². The molecule has 4 nitrogen and oxygen atoms in total. The van der Waals surface area contributed by atoms with Crippen molar-refractivity contribution in [2.24, 2.45) is 0 Å². The van der Waals surface area contributed by atoms with Gasteiger partial charge in [-0.25, -0.2) is 4.98 Å². The molecule has 5 heteroatoms. The normalized spacial score (nSPS) is 10.1. The van der Waals surface area contributed by atoms with Crippen molar-refractivity contribution in [2.45, 2.75) is 13.3 Å². The number of rotatable bonds is 5. The topological polar surface area (TPSA) is 54.0 Å². The van der Waals surface area contributed by atoms with Gasteiger partial charge in [0.15, 0.2) is 0 Å². The van der Waals surface area contributed by atoms with E-state index < -0.39 is 0 Å². The van der Waals surface area contributed by atoms with Gasteiger partial charge in [-0.3, -0.25) is 4.79 Å². The molecule has 104 valence electrons. The van der Waals surface area contributed by atoms with E-state index in [4.69, 9.17) is 0 Å². The van der Waals surface area contributed by atoms with Gasteiger partial charge in [-0.2, -0.15) is 0 Å². The summed E-state index contributed by atoms with van der Waals surface area (Å²) in [5, 5.41) is 6.01. The Morgan fingerprint density at radius 1 is 1.25 bits per heavy atom. The Balaban J connectivity index is 2.04. The van der Waals surface area contributed by atoms with E-state index in [1.54, 1.807) is 12.3 Å². The predicted octanol–water partition coefficient (Wildman–Crippen LogP) is 3.92. The molecule has 2 N–H and O–H groups in total. The highest BCUT2D eigenvalue weighted by atomic mass is 79.9. The largest absolute Gasteiger partial charge is 0.370 e. The highest BCUT2D eigenvalue weighted by Gasteiger charge is 2.08. The average Bonchev–Trinajstić information content (AvgIpc) is 2.48. The highest BCUT2D eigenvalue weighted by Crippen LogP contribution is 2.21. The predicted molar refractivity (Wildman–Crippen MR) is 85.1 cm³/mol. The van der Waals surface area contributed by atoms with Crippen LogP contribution in [0.5, 0.6) is 0 Å². The molecule has 0 radical (unpaired) electrons. The van der Waals surface area contributed by atoms with Gasteiger partial charge in [0.25, 0.3) is 5.91 Å². The first-order chi connectivity index (χ1) is 9.70. The molecule has 0 atom stereocenters. The smallest absolute Gasteiger partial charge is 0.257 e. The first kappa shape index (κ1) is 14.5. The summed E-state index contributed by atoms with van der Waals surface area (Å²) in [6.45, 7) is 2.96. The second kappa shape index (κ2) is 7.05. The van der Waals surface area contributed by atoms with Crippen molar-refractivity contribution in [3.63, 3.8) is 0 Å². The standard InChI is InChI=1S/C15H16BrN3O/c1-2-9-17-14-8-7-11(10-18-14)15(20)19-13-6-4-3-5-12(13)16/h3-8,10H,2,9H2,1H3,(H,17,18)(H,19,20). The Morgan fingerprint density at radius 2 is 2.05 bits per heavy atom. The van der Waals surface area contributed by atoms with Crippen LogP contribution in [0.15, 0.2) is 47.1 Å². The van der Waals surface area contributed by atoms with Crippen LogP contribution < -0.4 is 10.6 Å². The van der Waals surface area contributed by atoms with E-state index in [-0.39, 0.29) is 5.91 Å². The number of aromatic nitrogens is 1. The summed E-state index contributed by atoms with van der Waals surface area (Å²) < 4.78 is 0.850. The van der Waals surface area contributed by atoms with Gasteiger partial charge >= 0.3 is 0 Å². The first-order valence-corrected chi connectivity index (χ1v) is 7.26. The van der Waals surface area contributed by atoms with Crippen molar-refractivity contribution < 1.29 is 4.79 Å². The number of hydrogen-bond donors (Lipinski definition) is 2. The van der Waals surface area contributed by atoms with E-state index in [1.165, 1.54) is 0 Å². The third kappa shape index (κ3) is 3.81. The maximum Gasteiger partial charge on any atom is 0.257 e. The lowest BCUT2D eigenvalue weighted by Crippen LogP contribution is -2.13. The molecule has 2 rings (SSSR count). The Hall–Kier alpha value is -1.88. The van der Waals surface area contributed by atoms with Crippen LogP contribution in [0.2, 0.25) is 0 Å². The Labute approximate surface area is 126 Å². The van der Waals surface area contributed by atoms with Crippen molar-refractivity contribution in [1.29, 1.82) is 0 Å². The van der Waals surface area contributed by atoms with Crippen LogP contribution in [0.1, 0.15) is 23.7 Å². The van der Waals surface area contributed by atoms with Crippen LogP contribution in [0.4, 0.5) is 11.5 Å². The summed E-state index contributed by atoms with van der Waals surface area (Å²) in [6.07, 6.45) is 2.61. The fraction of sp³-hybridized carbons (Fsp3) is 0.200. The Bertz CT molecular complexity index is 584. The molecule has 1 heterocycles. The van der Waals surface area contributed by atoms with Crippen molar-refractivity contribution in [2.75, 3.05) is 17.2 Å². The number of halogens is 1. The van der Waals surface area contributed by atoms with Gasteiger partial charge < -0.3 is 10.6 Å². The molecule has 0 unspecified atom stereocenters. The third-order valence-corrected chi connectivity index (χ3v) is 3.40. The number of anilines is 2. The lowest BCUT2D eigenvalue weighted by atomic mass is 10.2. The molecule has 2 aromatic rings. The number of pyridine rings is 1. The first-order valence-electron chi connectivity index (χ1n) is 6.46. The summed E-state index contributed by atoms with van der Waals surface area (Å²) in [6, 6.07) is 11.1. The van der Waals surface area contributed by atoms with Crippen LogP contribution >= 0.6 is 15.9 Å². The zero-order valence-corrected chi connectivity index (χ0v) is 12.8. The molecule has 0 saturated carbocycles. The molecule has 0 saturated heterocycles. The van der Waals surface area contributed by atoms with E-state index in [0.29, 0.717) is 5.56 Å². The van der Waals surface area contributed by atoms with Crippen molar-refractivity contribution in [3.8, 4) is 0 Å². The molecular weight excluding hydrogens is 318 g/mol. The minimum absolute atomic E-state index is 0.175. The van der Waals surface area contributed by atoms with Gasteiger partial charge in [0, 0.05) is 17.2 Å². The average molecular weight is 334 g/mol. The number of benzene rings is 1. The van der Waals surface area contributed by atoms with Gasteiger partial charge in [-0.15, -0.1) is 0 Å². The maximum absolute atomic E-state index is 12.1. The molecule has 0 aliphatic rings. The monoisotopic (exact) mass is 333 g/mol. The molecule has 1 aromatic heterocycles. The number of hydrogen-bond acceptors (Lipinski definition) is 3. The fourth-order valence-electron chi connectivity index (χ4n) is 1.64. The van der Waals surface area contributed by atoms with Crippen LogP contribution in [0, 0.1) is 0 Å². The molecule has 1 amide bonds. The van der Waals surface area contributed by atoms with E-state index in [0.717, 1.165) is 28.9 Å². The fourth-order valence-corrected chi connectivity index (χ4v) is 2.03. The summed E-state index contributed by atoms with van der Waals surface area (Å²) >= 11 is 3.40. The van der Waals surface area contributed by atoms with Crippen LogP contribution in [-0.4, -0.2) is 17.4 Å². The van der Waals surface area contributed by atoms with Crippen LogP contribution in [0.3, 0.4) is 0 Å². The number of amides is 1. The number of para-hydroxylation sites is 1. The van der Waals surface area contributed by atoms with Crippen molar-refractivity contribution in [1.82, 2.24) is 4.98 Å². The molecule has 0 bridgehead atoms.